The molecule has 0 spiro atoms. The van der Waals surface area contributed by atoms with E-state index in [0.717, 1.165) is 48.9 Å². The van der Waals surface area contributed by atoms with Crippen molar-refractivity contribution in [2.75, 3.05) is 58.7 Å². The van der Waals surface area contributed by atoms with Gasteiger partial charge in [-0.15, -0.1) is 11.8 Å². The monoisotopic (exact) mass is 609 g/mol. The molecular weight excluding hydrogens is 573 g/mol. The molecule has 2 heterocycles. The molecule has 1 saturated carbocycles. The smallest absolute Gasteiger partial charge is 0.421 e. The van der Waals surface area contributed by atoms with Crippen molar-refractivity contribution >= 4 is 33.9 Å². The van der Waals surface area contributed by atoms with Crippen molar-refractivity contribution in [3.8, 4) is 17.3 Å². The molecule has 44 heavy (non-hydrogen) atoms. The standard InChI is InChI=1S/C31H36F3N8O2/c1-7-12-35-23-16-24(27(44-6)17-26(23)41(4)14-13-40(2)3)37-30-36-18-22(31(32,33)34)29(38-30)42-25-11-10-20(43-5)15-21(25)28(39-42)19-8-9-19/h7,10-12,15-19H,8-9,13-14H2,1-6H3,(H,36,37,38)/q-1. The van der Waals surface area contributed by atoms with E-state index in [-0.39, 0.29) is 17.7 Å². The molecule has 2 aromatic carbocycles. The quantitative estimate of drug-likeness (QED) is 0.183. The highest BCUT2D eigenvalue weighted by molar-refractivity contribution is 5.86. The second-order valence-electron chi connectivity index (χ2n) is 10.9. The van der Waals surface area contributed by atoms with E-state index in [2.05, 4.69) is 35.5 Å². The van der Waals surface area contributed by atoms with E-state index in [9.17, 15) is 13.2 Å². The second kappa shape index (κ2) is 12.6. The van der Waals surface area contributed by atoms with E-state index in [1.165, 1.54) is 11.8 Å². The predicted molar refractivity (Wildman–Crippen MR) is 166 cm³/mol. The fourth-order valence-corrected chi connectivity index (χ4v) is 4.84. The number of nitrogens with one attached hydrogen (secondary N) is 1. The number of anilines is 3. The van der Waals surface area contributed by atoms with Crippen molar-refractivity contribution < 1.29 is 22.6 Å². The van der Waals surface area contributed by atoms with Crippen LogP contribution in [0.1, 0.15) is 36.9 Å². The van der Waals surface area contributed by atoms with Gasteiger partial charge in [0.2, 0.25) is 5.95 Å². The van der Waals surface area contributed by atoms with Crippen molar-refractivity contribution in [2.24, 2.45) is 0 Å². The molecule has 1 fully saturated rings. The molecule has 0 amide bonds. The third-order valence-corrected chi connectivity index (χ3v) is 7.35. The largest absolute Gasteiger partial charge is 0.663 e. The molecule has 1 aliphatic carbocycles. The molecule has 0 bridgehead atoms. The Bertz CT molecular complexity index is 1660. The van der Waals surface area contributed by atoms with Crippen LogP contribution in [0.15, 0.2) is 48.8 Å². The third kappa shape index (κ3) is 6.52. The normalized spacial score (nSPS) is 13.6. The maximum Gasteiger partial charge on any atom is 0.421 e. The number of nitrogens with zero attached hydrogens (tertiary/aromatic N) is 7. The number of allylic oxidation sites excluding steroid dienone is 1. The van der Waals surface area contributed by atoms with Crippen LogP contribution in [0.2, 0.25) is 0 Å². The second-order valence-corrected chi connectivity index (χ2v) is 10.9. The van der Waals surface area contributed by atoms with Crippen LogP contribution < -0.4 is 19.7 Å². The van der Waals surface area contributed by atoms with Crippen molar-refractivity contribution in [2.45, 2.75) is 31.9 Å². The van der Waals surface area contributed by atoms with Gasteiger partial charge in [-0.1, -0.05) is 0 Å². The van der Waals surface area contributed by atoms with Gasteiger partial charge in [0.15, 0.2) is 5.82 Å². The number of halogens is 3. The first-order chi connectivity index (χ1) is 21.0. The van der Waals surface area contributed by atoms with Crippen molar-refractivity contribution in [3.63, 3.8) is 0 Å². The van der Waals surface area contributed by atoms with Gasteiger partial charge in [-0.25, -0.2) is 9.67 Å². The van der Waals surface area contributed by atoms with Crippen molar-refractivity contribution in [3.05, 3.63) is 65.4 Å². The van der Waals surface area contributed by atoms with E-state index in [4.69, 9.17) is 9.47 Å². The SMILES string of the molecule is CC=C[N-]c1cc(Nc2ncc(C(F)(F)F)c(-n3nc(C4CC4)c4cc(OC)ccc43)n2)c(OC)cc1N(C)CCN(C)C. The zero-order chi connectivity index (χ0) is 31.6. The van der Waals surface area contributed by atoms with Crippen LogP contribution in [-0.4, -0.2) is 73.1 Å². The summed E-state index contributed by atoms with van der Waals surface area (Å²) >= 11 is 0. The summed E-state index contributed by atoms with van der Waals surface area (Å²) in [6.07, 6.45) is 1.40. The Morgan fingerprint density at radius 2 is 1.86 bits per heavy atom. The summed E-state index contributed by atoms with van der Waals surface area (Å²) in [5.74, 6) is 0.797. The molecular formula is C31H36F3N8O2-. The number of benzene rings is 2. The highest BCUT2D eigenvalue weighted by Crippen LogP contribution is 2.45. The van der Waals surface area contributed by atoms with E-state index < -0.39 is 11.7 Å². The van der Waals surface area contributed by atoms with Gasteiger partial charge >= 0.3 is 6.18 Å². The van der Waals surface area contributed by atoms with Gasteiger partial charge in [-0.05, 0) is 58.1 Å². The first-order valence-electron chi connectivity index (χ1n) is 14.2. The molecule has 2 aromatic heterocycles. The van der Waals surface area contributed by atoms with Crippen LogP contribution >= 0.6 is 0 Å². The van der Waals surface area contributed by atoms with Gasteiger partial charge in [-0.3, -0.25) is 0 Å². The number of rotatable bonds is 12. The maximum absolute atomic E-state index is 14.3. The van der Waals surface area contributed by atoms with Gasteiger partial charge in [0.05, 0.1) is 31.1 Å². The summed E-state index contributed by atoms with van der Waals surface area (Å²) in [7, 11) is 9.04. The van der Waals surface area contributed by atoms with E-state index >= 15 is 0 Å². The van der Waals surface area contributed by atoms with Crippen LogP contribution in [0.4, 0.5) is 36.2 Å². The van der Waals surface area contributed by atoms with Crippen LogP contribution in [0.3, 0.4) is 0 Å². The number of methoxy groups -OCH3 is 2. The highest BCUT2D eigenvalue weighted by atomic mass is 19.4. The average Bonchev–Trinajstić information content (AvgIpc) is 3.77. The Labute approximate surface area is 254 Å². The minimum absolute atomic E-state index is 0.0536. The zero-order valence-corrected chi connectivity index (χ0v) is 25.6. The van der Waals surface area contributed by atoms with Gasteiger partial charge in [0, 0.05) is 49.4 Å². The molecule has 1 aliphatic rings. The molecule has 0 unspecified atom stereocenters. The summed E-state index contributed by atoms with van der Waals surface area (Å²) in [6, 6.07) is 8.80. The van der Waals surface area contributed by atoms with Gasteiger partial charge in [0.1, 0.15) is 17.1 Å². The summed E-state index contributed by atoms with van der Waals surface area (Å²) in [6.45, 7) is 3.42. The Morgan fingerprint density at radius 1 is 1.09 bits per heavy atom. The fourth-order valence-electron chi connectivity index (χ4n) is 4.84. The predicted octanol–water partition coefficient (Wildman–Crippen LogP) is 7.01. The lowest BCUT2D eigenvalue weighted by Crippen LogP contribution is -2.28. The lowest BCUT2D eigenvalue weighted by molar-refractivity contribution is -0.138. The maximum atomic E-state index is 14.3. The zero-order valence-electron chi connectivity index (χ0n) is 25.6. The minimum Gasteiger partial charge on any atom is -0.663 e. The average molecular weight is 610 g/mol. The lowest BCUT2D eigenvalue weighted by Gasteiger charge is -2.31. The minimum atomic E-state index is -4.71. The van der Waals surface area contributed by atoms with Gasteiger partial charge in [-0.2, -0.15) is 29.5 Å². The van der Waals surface area contributed by atoms with E-state index in [1.807, 2.05) is 40.2 Å². The molecule has 0 saturated heterocycles. The number of ether oxygens (including phenoxy) is 2. The Hall–Kier alpha value is -4.52. The van der Waals surface area contributed by atoms with E-state index in [1.54, 1.807) is 37.6 Å². The molecule has 5 rings (SSSR count). The number of aromatic nitrogens is 4. The summed E-state index contributed by atoms with van der Waals surface area (Å²) in [5.41, 5.74) is 2.14. The summed E-state index contributed by atoms with van der Waals surface area (Å²) in [5, 5.41) is 13.0. The highest BCUT2D eigenvalue weighted by Gasteiger charge is 2.38. The summed E-state index contributed by atoms with van der Waals surface area (Å²) in [4.78, 5) is 12.6. The topological polar surface area (TPSA) is 94.7 Å². The fraction of sp³-hybridized carbons (Fsp3) is 0.387. The Balaban J connectivity index is 1.60. The molecule has 1 N–H and O–H groups in total. The van der Waals surface area contributed by atoms with E-state index in [0.29, 0.717) is 28.4 Å². The van der Waals surface area contributed by atoms with Crippen LogP contribution in [0.25, 0.3) is 22.0 Å². The molecule has 10 nitrogen and oxygen atoms in total. The van der Waals surface area contributed by atoms with Crippen LogP contribution in [0, 0.1) is 0 Å². The molecule has 0 aliphatic heterocycles. The number of hydrogen-bond acceptors (Lipinski definition) is 8. The number of alkyl halides is 3. The van der Waals surface area contributed by atoms with Crippen molar-refractivity contribution in [1.82, 2.24) is 24.6 Å². The molecule has 234 valence electrons. The summed E-state index contributed by atoms with van der Waals surface area (Å²) < 4.78 is 55.2. The number of likely N-dealkylation sites (N-methyl/N-ethyl adjacent to an activating group) is 2. The molecule has 0 radical (unpaired) electrons. The van der Waals surface area contributed by atoms with Gasteiger partial charge in [0.25, 0.3) is 0 Å². The lowest BCUT2D eigenvalue weighted by atomic mass is 10.1. The van der Waals surface area contributed by atoms with Crippen molar-refractivity contribution in [1.29, 1.82) is 0 Å². The number of fused-ring (bicyclic) bond motifs is 1. The van der Waals surface area contributed by atoms with Crippen LogP contribution in [-0.2, 0) is 6.18 Å². The van der Waals surface area contributed by atoms with Gasteiger partial charge < -0.3 is 29.9 Å². The molecule has 0 atom stereocenters. The molecule has 4 aromatic rings. The van der Waals surface area contributed by atoms with Crippen LogP contribution in [0.5, 0.6) is 11.5 Å². The third-order valence-electron chi connectivity index (χ3n) is 7.35. The Kier molecular flexibility index (Phi) is 8.86. The first kappa shape index (κ1) is 30.9. The molecule has 13 heteroatoms. The Morgan fingerprint density at radius 3 is 2.50 bits per heavy atom. The number of hydrogen-bond donors (Lipinski definition) is 1. The first-order valence-corrected chi connectivity index (χ1v) is 14.2.